The zero-order chi connectivity index (χ0) is 9.80. The molecule has 0 unspecified atom stereocenters. The zero-order valence-electron chi connectivity index (χ0n) is 8.28. The van der Waals surface area contributed by atoms with Crippen molar-refractivity contribution in [3.63, 3.8) is 0 Å². The van der Waals surface area contributed by atoms with Crippen molar-refractivity contribution in [2.45, 2.75) is 19.3 Å². The van der Waals surface area contributed by atoms with Crippen LogP contribution in [0, 0.1) is 5.92 Å². The molecule has 76 valence electrons. The molecule has 1 saturated carbocycles. The molecule has 0 bridgehead atoms. The molecule has 2 rings (SSSR count). The Morgan fingerprint density at radius 1 is 1.29 bits per heavy atom. The first-order valence-corrected chi connectivity index (χ1v) is 5.21. The number of hydrogen-bond donors (Lipinski definition) is 1. The normalized spacial score (nSPS) is 15.7. The Bertz CT molecular complexity index is 292. The number of benzene rings is 1. The van der Waals surface area contributed by atoms with Gasteiger partial charge in [0.2, 0.25) is 0 Å². The minimum absolute atomic E-state index is 0.377. The highest BCUT2D eigenvalue weighted by Crippen LogP contribution is 2.28. The number of phenolic OH excluding ortho intramolecular Hbond substituents is 1. The van der Waals surface area contributed by atoms with Gasteiger partial charge in [0.05, 0.1) is 6.61 Å². The molecule has 1 aliphatic carbocycles. The van der Waals surface area contributed by atoms with Crippen LogP contribution in [0.25, 0.3) is 0 Å². The molecule has 0 spiro atoms. The van der Waals surface area contributed by atoms with Crippen LogP contribution in [-0.4, -0.2) is 18.3 Å². The van der Waals surface area contributed by atoms with E-state index in [0.29, 0.717) is 12.4 Å². The van der Waals surface area contributed by atoms with Crippen molar-refractivity contribution in [3.8, 4) is 5.75 Å². The molecule has 0 aromatic heterocycles. The quantitative estimate of drug-likeness (QED) is 0.726. The van der Waals surface area contributed by atoms with Crippen LogP contribution in [0.3, 0.4) is 0 Å². The van der Waals surface area contributed by atoms with Gasteiger partial charge in [-0.05, 0) is 36.8 Å². The van der Waals surface area contributed by atoms with Crippen molar-refractivity contribution < 1.29 is 9.84 Å². The van der Waals surface area contributed by atoms with E-state index < -0.39 is 0 Å². The Morgan fingerprint density at radius 2 is 2.07 bits per heavy atom. The van der Waals surface area contributed by atoms with Crippen molar-refractivity contribution >= 4 is 0 Å². The average Bonchev–Trinajstić information content (AvgIpc) is 2.99. The van der Waals surface area contributed by atoms with Crippen LogP contribution in [0.5, 0.6) is 5.75 Å². The zero-order valence-corrected chi connectivity index (χ0v) is 8.28. The summed E-state index contributed by atoms with van der Waals surface area (Å²) < 4.78 is 5.51. The van der Waals surface area contributed by atoms with E-state index in [1.807, 2.05) is 18.2 Å². The second kappa shape index (κ2) is 4.47. The fraction of sp³-hybridized carbons (Fsp3) is 0.500. The average molecular weight is 192 g/mol. The molecule has 1 aromatic rings. The Morgan fingerprint density at radius 3 is 2.79 bits per heavy atom. The first kappa shape index (κ1) is 9.53. The molecule has 0 aliphatic heterocycles. The number of rotatable bonds is 5. The summed E-state index contributed by atoms with van der Waals surface area (Å²) >= 11 is 0. The van der Waals surface area contributed by atoms with Gasteiger partial charge in [-0.3, -0.25) is 0 Å². The maximum absolute atomic E-state index is 9.48. The van der Waals surface area contributed by atoms with Gasteiger partial charge >= 0.3 is 0 Å². The maximum atomic E-state index is 9.48. The van der Waals surface area contributed by atoms with E-state index in [1.165, 1.54) is 12.8 Å². The van der Waals surface area contributed by atoms with E-state index >= 15 is 0 Å². The largest absolute Gasteiger partial charge is 0.508 e. The molecule has 1 aliphatic rings. The van der Waals surface area contributed by atoms with Crippen LogP contribution < -0.4 is 0 Å². The monoisotopic (exact) mass is 192 g/mol. The molecule has 1 N–H and O–H groups in total. The van der Waals surface area contributed by atoms with E-state index in [0.717, 1.165) is 24.5 Å². The lowest BCUT2D eigenvalue weighted by atomic mass is 10.1. The molecular formula is C12H16O2. The summed E-state index contributed by atoms with van der Waals surface area (Å²) in [5.41, 5.74) is 0.975. The predicted molar refractivity (Wildman–Crippen MR) is 55.4 cm³/mol. The second-order valence-corrected chi connectivity index (χ2v) is 3.90. The van der Waals surface area contributed by atoms with Gasteiger partial charge in [0.15, 0.2) is 0 Å². The van der Waals surface area contributed by atoms with E-state index in [9.17, 15) is 5.11 Å². The molecule has 0 atom stereocenters. The molecule has 0 radical (unpaired) electrons. The van der Waals surface area contributed by atoms with Gasteiger partial charge in [-0.15, -0.1) is 0 Å². The van der Waals surface area contributed by atoms with E-state index in [4.69, 9.17) is 4.74 Å². The Kier molecular flexibility index (Phi) is 3.04. The molecule has 0 heterocycles. The lowest BCUT2D eigenvalue weighted by molar-refractivity contribution is 0.127. The van der Waals surface area contributed by atoms with Gasteiger partial charge in [0.1, 0.15) is 5.75 Å². The van der Waals surface area contributed by atoms with Gasteiger partial charge in [-0.25, -0.2) is 0 Å². The predicted octanol–water partition coefficient (Wildman–Crippen LogP) is 2.36. The van der Waals surface area contributed by atoms with Crippen molar-refractivity contribution in [1.82, 2.24) is 0 Å². The fourth-order valence-corrected chi connectivity index (χ4v) is 1.44. The lowest BCUT2D eigenvalue weighted by Crippen LogP contribution is -2.01. The van der Waals surface area contributed by atoms with Gasteiger partial charge in [-0.2, -0.15) is 0 Å². The first-order valence-electron chi connectivity index (χ1n) is 5.21. The third-order valence-electron chi connectivity index (χ3n) is 2.56. The smallest absolute Gasteiger partial charge is 0.118 e. The van der Waals surface area contributed by atoms with Gasteiger partial charge < -0.3 is 9.84 Å². The van der Waals surface area contributed by atoms with Crippen LogP contribution in [0.2, 0.25) is 0 Å². The highest BCUT2D eigenvalue weighted by molar-refractivity contribution is 5.31. The van der Waals surface area contributed by atoms with Crippen LogP contribution >= 0.6 is 0 Å². The molecule has 2 nitrogen and oxygen atoms in total. The van der Waals surface area contributed by atoms with Crippen LogP contribution in [0.15, 0.2) is 24.3 Å². The minimum atomic E-state index is 0.377. The first-order chi connectivity index (χ1) is 6.86. The standard InChI is InChI=1S/C12H16O2/c13-12-4-2-1-3-11(12)7-8-14-9-10-5-6-10/h1-4,10,13H,5-9H2. The van der Waals surface area contributed by atoms with Crippen LogP contribution in [0.4, 0.5) is 0 Å². The van der Waals surface area contributed by atoms with E-state index in [1.54, 1.807) is 6.07 Å². The molecule has 0 amide bonds. The van der Waals surface area contributed by atoms with Crippen LogP contribution in [0.1, 0.15) is 18.4 Å². The summed E-state index contributed by atoms with van der Waals surface area (Å²) in [6.45, 7) is 1.61. The van der Waals surface area contributed by atoms with Crippen molar-refractivity contribution in [3.05, 3.63) is 29.8 Å². The van der Waals surface area contributed by atoms with Crippen molar-refractivity contribution in [1.29, 1.82) is 0 Å². The highest BCUT2D eigenvalue weighted by Gasteiger charge is 2.20. The summed E-state index contributed by atoms with van der Waals surface area (Å²) in [6, 6.07) is 7.44. The summed E-state index contributed by atoms with van der Waals surface area (Å²) in [6.07, 6.45) is 3.46. The molecule has 0 saturated heterocycles. The van der Waals surface area contributed by atoms with Gasteiger partial charge in [0.25, 0.3) is 0 Å². The topological polar surface area (TPSA) is 29.5 Å². The van der Waals surface area contributed by atoms with Gasteiger partial charge in [-0.1, -0.05) is 18.2 Å². The molecule has 1 fully saturated rings. The second-order valence-electron chi connectivity index (χ2n) is 3.90. The van der Waals surface area contributed by atoms with Crippen LogP contribution in [-0.2, 0) is 11.2 Å². The summed E-state index contributed by atoms with van der Waals surface area (Å²) in [5.74, 6) is 1.20. The van der Waals surface area contributed by atoms with Crippen molar-refractivity contribution in [2.24, 2.45) is 5.92 Å². The SMILES string of the molecule is Oc1ccccc1CCOCC1CC1. The third kappa shape index (κ3) is 2.74. The highest BCUT2D eigenvalue weighted by atomic mass is 16.5. The summed E-state index contributed by atoms with van der Waals surface area (Å²) in [4.78, 5) is 0. The Balaban J connectivity index is 1.71. The minimum Gasteiger partial charge on any atom is -0.508 e. The summed E-state index contributed by atoms with van der Waals surface area (Å²) in [7, 11) is 0. The van der Waals surface area contributed by atoms with E-state index in [-0.39, 0.29) is 0 Å². The number of para-hydroxylation sites is 1. The molecular weight excluding hydrogens is 176 g/mol. The third-order valence-corrected chi connectivity index (χ3v) is 2.56. The number of phenols is 1. The lowest BCUT2D eigenvalue weighted by Gasteiger charge is -2.04. The Hall–Kier alpha value is -1.02. The number of hydrogen-bond acceptors (Lipinski definition) is 2. The summed E-state index contributed by atoms with van der Waals surface area (Å²) in [5, 5.41) is 9.48. The fourth-order valence-electron chi connectivity index (χ4n) is 1.44. The molecule has 2 heteroatoms. The molecule has 1 aromatic carbocycles. The Labute approximate surface area is 84.5 Å². The number of aromatic hydroxyl groups is 1. The maximum Gasteiger partial charge on any atom is 0.118 e. The number of ether oxygens (including phenoxy) is 1. The van der Waals surface area contributed by atoms with Gasteiger partial charge in [0, 0.05) is 6.61 Å². The molecule has 14 heavy (non-hydrogen) atoms. The van der Waals surface area contributed by atoms with E-state index in [2.05, 4.69) is 0 Å². The van der Waals surface area contributed by atoms with Crippen molar-refractivity contribution in [2.75, 3.05) is 13.2 Å².